The average Bonchev–Trinajstić information content (AvgIpc) is 3.68. The number of thiophene rings is 1. The number of aromatic nitrogens is 2. The molecule has 0 bridgehead atoms. The molecular weight excluding hydrogens is 601 g/mol. The molecule has 0 saturated heterocycles. The fourth-order valence-electron chi connectivity index (χ4n) is 7.87. The maximum absolute atomic E-state index is 5.16. The van der Waals surface area contributed by atoms with Gasteiger partial charge in [0.15, 0.2) is 5.82 Å². The Hall–Kier alpha value is -5.90. The van der Waals surface area contributed by atoms with Gasteiger partial charge >= 0.3 is 0 Å². The zero-order valence-corrected chi connectivity index (χ0v) is 26.8. The van der Waals surface area contributed by atoms with E-state index in [4.69, 9.17) is 9.97 Å². The summed E-state index contributed by atoms with van der Waals surface area (Å²) in [5.41, 5.74) is 11.2. The van der Waals surface area contributed by atoms with Crippen molar-refractivity contribution in [2.24, 2.45) is 0 Å². The van der Waals surface area contributed by atoms with Crippen LogP contribution >= 0.6 is 11.3 Å². The monoisotopic (exact) mass is 628 g/mol. The van der Waals surface area contributed by atoms with E-state index in [1.165, 1.54) is 53.6 Å². The summed E-state index contributed by atoms with van der Waals surface area (Å²) in [4.78, 5) is 10.2. The van der Waals surface area contributed by atoms with E-state index in [1.54, 1.807) is 0 Å². The minimum atomic E-state index is -0.477. The van der Waals surface area contributed by atoms with Gasteiger partial charge in [0.2, 0.25) is 0 Å². The molecule has 0 aliphatic heterocycles. The van der Waals surface area contributed by atoms with Crippen LogP contribution in [0, 0.1) is 0 Å². The van der Waals surface area contributed by atoms with Crippen molar-refractivity contribution in [3.8, 4) is 33.8 Å². The molecule has 1 aliphatic rings. The van der Waals surface area contributed by atoms with Gasteiger partial charge in [0.05, 0.1) is 16.6 Å². The fraction of sp³-hybridized carbons (Fsp3) is 0.0222. The number of benzene rings is 7. The Bertz CT molecular complexity index is 2630. The van der Waals surface area contributed by atoms with Gasteiger partial charge in [-0.05, 0) is 51.6 Å². The second-order valence-corrected chi connectivity index (χ2v) is 13.6. The number of nitrogens with zero attached hydrogens (tertiary/aromatic N) is 2. The van der Waals surface area contributed by atoms with Crippen molar-refractivity contribution in [1.82, 2.24) is 9.97 Å². The molecule has 2 heterocycles. The highest BCUT2D eigenvalue weighted by Crippen LogP contribution is 2.56. The smallest absolute Gasteiger partial charge is 0.160 e. The Morgan fingerprint density at radius 2 is 1.02 bits per heavy atom. The van der Waals surface area contributed by atoms with Gasteiger partial charge in [-0.2, -0.15) is 0 Å². The summed E-state index contributed by atoms with van der Waals surface area (Å²) in [6, 6.07) is 61.4. The lowest BCUT2D eigenvalue weighted by atomic mass is 9.67. The summed E-state index contributed by atoms with van der Waals surface area (Å²) in [5.74, 6) is 0.729. The molecule has 10 rings (SSSR count). The molecule has 1 aliphatic carbocycles. The molecule has 7 aromatic carbocycles. The molecule has 0 radical (unpaired) electrons. The topological polar surface area (TPSA) is 25.8 Å². The maximum atomic E-state index is 5.16. The van der Waals surface area contributed by atoms with Gasteiger partial charge in [-0.3, -0.25) is 0 Å². The number of fused-ring (bicyclic) bond motifs is 7. The lowest BCUT2D eigenvalue weighted by Crippen LogP contribution is -2.28. The molecule has 0 fully saturated rings. The van der Waals surface area contributed by atoms with Crippen molar-refractivity contribution in [1.29, 1.82) is 0 Å². The second-order valence-electron chi connectivity index (χ2n) is 12.5. The number of hydrogen-bond donors (Lipinski definition) is 0. The van der Waals surface area contributed by atoms with Gasteiger partial charge in [0.25, 0.3) is 0 Å². The van der Waals surface area contributed by atoms with E-state index < -0.39 is 5.41 Å². The van der Waals surface area contributed by atoms with Crippen LogP contribution in [0.3, 0.4) is 0 Å². The van der Waals surface area contributed by atoms with Crippen molar-refractivity contribution in [2.75, 3.05) is 0 Å². The Morgan fingerprint density at radius 1 is 0.417 bits per heavy atom. The third-order valence-corrected chi connectivity index (χ3v) is 11.1. The molecule has 0 spiro atoms. The first-order chi connectivity index (χ1) is 23.8. The van der Waals surface area contributed by atoms with Crippen molar-refractivity contribution >= 4 is 42.4 Å². The Kier molecular flexibility index (Phi) is 5.99. The third-order valence-electron chi connectivity index (χ3n) is 9.99. The summed E-state index contributed by atoms with van der Waals surface area (Å²) in [6.45, 7) is 0. The van der Waals surface area contributed by atoms with Crippen LogP contribution < -0.4 is 0 Å². The van der Waals surface area contributed by atoms with E-state index in [9.17, 15) is 0 Å². The molecule has 224 valence electrons. The predicted octanol–water partition coefficient (Wildman–Crippen LogP) is 11.7. The normalized spacial score (nSPS) is 13.2. The average molecular weight is 629 g/mol. The molecule has 3 heteroatoms. The summed E-state index contributed by atoms with van der Waals surface area (Å²) >= 11 is 1.87. The largest absolute Gasteiger partial charge is 0.228 e. The van der Waals surface area contributed by atoms with E-state index in [1.807, 2.05) is 23.5 Å². The van der Waals surface area contributed by atoms with Crippen molar-refractivity contribution in [2.45, 2.75) is 5.41 Å². The quantitative estimate of drug-likeness (QED) is 0.194. The summed E-state index contributed by atoms with van der Waals surface area (Å²) in [7, 11) is 0. The summed E-state index contributed by atoms with van der Waals surface area (Å²) < 4.78 is 2.63. The molecule has 0 amide bonds. The standard InChI is InChI=1S/C45H28N2S/c1-2-12-29(13-3-1)43-37-17-6-10-20-40(37)46-44(47-43)30-22-24-31(25-23-30)45(38-18-8-4-14-33(38)34-15-5-9-19-39(34)45)32-26-27-36-35-16-7-11-21-41(35)48-42(36)28-32/h1-28H. The van der Waals surface area contributed by atoms with Gasteiger partial charge in [-0.25, -0.2) is 9.97 Å². The highest BCUT2D eigenvalue weighted by Gasteiger charge is 2.46. The molecule has 0 saturated carbocycles. The van der Waals surface area contributed by atoms with Crippen LogP contribution in [-0.2, 0) is 5.41 Å². The molecule has 48 heavy (non-hydrogen) atoms. The molecule has 9 aromatic rings. The van der Waals surface area contributed by atoms with E-state index in [-0.39, 0.29) is 0 Å². The second kappa shape index (κ2) is 10.6. The van der Waals surface area contributed by atoms with Crippen LogP contribution in [0.4, 0.5) is 0 Å². The van der Waals surface area contributed by atoms with E-state index in [0.29, 0.717) is 0 Å². The first-order valence-corrected chi connectivity index (χ1v) is 17.1. The lowest BCUT2D eigenvalue weighted by molar-refractivity contribution is 0.770. The highest BCUT2D eigenvalue weighted by molar-refractivity contribution is 7.25. The fourth-order valence-corrected chi connectivity index (χ4v) is 9.02. The lowest BCUT2D eigenvalue weighted by Gasteiger charge is -2.34. The predicted molar refractivity (Wildman–Crippen MR) is 201 cm³/mol. The Morgan fingerprint density at radius 3 is 1.79 bits per heavy atom. The van der Waals surface area contributed by atoms with Crippen LogP contribution in [0.25, 0.3) is 64.8 Å². The number of hydrogen-bond acceptors (Lipinski definition) is 3. The van der Waals surface area contributed by atoms with Crippen LogP contribution in [-0.4, -0.2) is 9.97 Å². The van der Waals surface area contributed by atoms with Crippen molar-refractivity contribution in [3.05, 3.63) is 192 Å². The van der Waals surface area contributed by atoms with Crippen molar-refractivity contribution < 1.29 is 0 Å². The maximum Gasteiger partial charge on any atom is 0.160 e. The van der Waals surface area contributed by atoms with Crippen LogP contribution in [0.2, 0.25) is 0 Å². The summed E-state index contributed by atoms with van der Waals surface area (Å²) in [5, 5.41) is 3.69. The zero-order valence-electron chi connectivity index (χ0n) is 26.0. The molecule has 0 atom stereocenters. The van der Waals surface area contributed by atoms with Gasteiger partial charge < -0.3 is 0 Å². The molecule has 0 N–H and O–H groups in total. The minimum absolute atomic E-state index is 0.477. The van der Waals surface area contributed by atoms with Gasteiger partial charge in [0, 0.05) is 36.7 Å². The molecule has 2 aromatic heterocycles. The van der Waals surface area contributed by atoms with E-state index in [0.717, 1.165) is 33.5 Å². The Labute approximate surface area is 282 Å². The third kappa shape index (κ3) is 3.92. The van der Waals surface area contributed by atoms with E-state index in [2.05, 4.69) is 158 Å². The molecule has 0 unspecified atom stereocenters. The first kappa shape index (κ1) is 27.2. The molecule has 2 nitrogen and oxygen atoms in total. The van der Waals surface area contributed by atoms with Crippen LogP contribution in [0.5, 0.6) is 0 Å². The van der Waals surface area contributed by atoms with Crippen LogP contribution in [0.15, 0.2) is 170 Å². The van der Waals surface area contributed by atoms with E-state index >= 15 is 0 Å². The summed E-state index contributed by atoms with van der Waals surface area (Å²) in [6.07, 6.45) is 0. The van der Waals surface area contributed by atoms with Crippen LogP contribution in [0.1, 0.15) is 22.3 Å². The zero-order chi connectivity index (χ0) is 31.7. The minimum Gasteiger partial charge on any atom is -0.228 e. The number of rotatable bonds is 4. The van der Waals surface area contributed by atoms with Gasteiger partial charge in [0.1, 0.15) is 0 Å². The first-order valence-electron chi connectivity index (χ1n) is 16.3. The Balaban J connectivity index is 1.20. The molecular formula is C45H28N2S. The van der Waals surface area contributed by atoms with Gasteiger partial charge in [-0.15, -0.1) is 11.3 Å². The number of para-hydroxylation sites is 1. The highest BCUT2D eigenvalue weighted by atomic mass is 32.1. The van der Waals surface area contributed by atoms with Crippen molar-refractivity contribution in [3.63, 3.8) is 0 Å². The SMILES string of the molecule is c1ccc(-c2nc(-c3ccc(C4(c5ccc6c(c5)sc5ccccc56)c5ccccc5-c5ccccc54)cc3)nc3ccccc23)cc1. The van der Waals surface area contributed by atoms with Gasteiger partial charge in [-0.1, -0.05) is 152 Å².